The van der Waals surface area contributed by atoms with Gasteiger partial charge in [0.1, 0.15) is 36.0 Å². The average Bonchev–Trinajstić information content (AvgIpc) is 4.02. The van der Waals surface area contributed by atoms with Gasteiger partial charge in [-0.1, -0.05) is 103 Å². The van der Waals surface area contributed by atoms with E-state index in [1.165, 1.54) is 6.33 Å². The SMILES string of the molecule is COc1ccc(C(OC[C@H]2O[C@@H](n3cnc4c(=O)[nH]c(NC(=O)CCNC(=O)OCC5c6ccccc6-c6ccccc65)nc43)CC2O)(c2ccccc2)c2ccc(OC)cc2)cc1. The molecule has 7 aromatic rings. The zero-order valence-electron chi connectivity index (χ0n) is 35.1. The Morgan fingerprint density at radius 2 is 1.41 bits per heavy atom. The van der Waals surface area contributed by atoms with Gasteiger partial charge < -0.3 is 34.1 Å². The maximum absolute atomic E-state index is 13.2. The van der Waals surface area contributed by atoms with Gasteiger partial charge in [-0.3, -0.25) is 24.5 Å². The summed E-state index contributed by atoms with van der Waals surface area (Å²) in [5, 5.41) is 16.7. The molecule has 1 unspecified atom stereocenters. The number of amides is 2. The van der Waals surface area contributed by atoms with Gasteiger partial charge in [-0.25, -0.2) is 9.78 Å². The third-order valence-electron chi connectivity index (χ3n) is 11.8. The first-order valence-corrected chi connectivity index (χ1v) is 20.9. The fourth-order valence-corrected chi connectivity index (χ4v) is 8.64. The standard InChI is InChI=1S/C49H46N6O9/c1-60-33-20-16-31(17-21-33)49(30-10-4-3-5-11-30,32-18-22-34(61-2)23-19-32)63-28-41-40(56)26-43(64-41)55-29-51-44-45(55)53-47(54-46(44)58)52-42(57)24-25-50-48(59)62-27-39-37-14-8-6-12-35(37)36-13-7-9-15-38(36)39/h3-23,29,39-41,43,56H,24-28H2,1-2H3,(H,50,59)(H2,52,53,54,57,58)/t40?,41-,43-/m1/s1. The van der Waals surface area contributed by atoms with Crippen LogP contribution in [0, 0.1) is 0 Å². The van der Waals surface area contributed by atoms with Crippen molar-refractivity contribution in [2.24, 2.45) is 0 Å². The Balaban J connectivity index is 0.859. The lowest BCUT2D eigenvalue weighted by Crippen LogP contribution is -2.38. The van der Waals surface area contributed by atoms with Crippen LogP contribution in [0.2, 0.25) is 0 Å². The van der Waals surface area contributed by atoms with E-state index in [0.29, 0.717) is 11.5 Å². The predicted octanol–water partition coefficient (Wildman–Crippen LogP) is 6.66. The number of aromatic nitrogens is 4. The molecule has 0 spiro atoms. The number of carbonyl (C=O) groups excluding carboxylic acids is 2. The fourth-order valence-electron chi connectivity index (χ4n) is 8.64. The molecule has 1 saturated heterocycles. The maximum Gasteiger partial charge on any atom is 0.407 e. The number of anilines is 1. The molecule has 64 heavy (non-hydrogen) atoms. The Kier molecular flexibility index (Phi) is 11.9. The van der Waals surface area contributed by atoms with Gasteiger partial charge in [0, 0.05) is 25.3 Å². The molecule has 0 radical (unpaired) electrons. The Morgan fingerprint density at radius 3 is 2.03 bits per heavy atom. The number of carbonyl (C=O) groups is 2. The molecule has 1 aliphatic carbocycles. The highest BCUT2D eigenvalue weighted by atomic mass is 16.6. The lowest BCUT2D eigenvalue weighted by molar-refractivity contribution is -0.116. The molecule has 2 aromatic heterocycles. The van der Waals surface area contributed by atoms with Gasteiger partial charge in [0.15, 0.2) is 11.2 Å². The molecule has 4 N–H and O–H groups in total. The minimum atomic E-state index is -1.14. The smallest absolute Gasteiger partial charge is 0.407 e. The van der Waals surface area contributed by atoms with E-state index in [1.807, 2.05) is 115 Å². The van der Waals surface area contributed by atoms with Crippen LogP contribution in [0.1, 0.15) is 52.8 Å². The summed E-state index contributed by atoms with van der Waals surface area (Å²) in [5.74, 6) is 0.648. The van der Waals surface area contributed by atoms with Crippen molar-refractivity contribution < 1.29 is 38.4 Å². The molecular weight excluding hydrogens is 817 g/mol. The first kappa shape index (κ1) is 42.0. The molecule has 5 aromatic carbocycles. The van der Waals surface area contributed by atoms with Crippen LogP contribution < -0.4 is 25.7 Å². The van der Waals surface area contributed by atoms with E-state index in [-0.39, 0.29) is 55.6 Å². The second kappa shape index (κ2) is 18.2. The van der Waals surface area contributed by atoms with Crippen LogP contribution >= 0.6 is 0 Å². The fraction of sp³-hybridized carbons (Fsp3) is 0.245. The molecule has 0 bridgehead atoms. The van der Waals surface area contributed by atoms with Crippen molar-refractivity contribution in [3.05, 3.63) is 172 Å². The number of hydrogen-bond acceptors (Lipinski definition) is 11. The number of imidazole rings is 1. The van der Waals surface area contributed by atoms with Crippen LogP contribution in [0.3, 0.4) is 0 Å². The van der Waals surface area contributed by atoms with Crippen molar-refractivity contribution in [2.45, 2.75) is 42.8 Å². The summed E-state index contributed by atoms with van der Waals surface area (Å²) in [5.41, 5.74) is 5.36. The van der Waals surface area contributed by atoms with Gasteiger partial charge in [-0.15, -0.1) is 0 Å². The van der Waals surface area contributed by atoms with Crippen molar-refractivity contribution in [3.8, 4) is 22.6 Å². The second-order valence-electron chi connectivity index (χ2n) is 15.5. The third-order valence-corrected chi connectivity index (χ3v) is 11.8. The van der Waals surface area contributed by atoms with Crippen molar-refractivity contribution in [2.75, 3.05) is 39.3 Å². The summed E-state index contributed by atoms with van der Waals surface area (Å²) in [7, 11) is 3.22. The van der Waals surface area contributed by atoms with Crippen molar-refractivity contribution in [1.82, 2.24) is 24.8 Å². The van der Waals surface area contributed by atoms with Crippen LogP contribution in [-0.2, 0) is 24.6 Å². The number of aliphatic hydroxyl groups excluding tert-OH is 1. The topological polar surface area (TPSA) is 188 Å². The van der Waals surface area contributed by atoms with E-state index in [0.717, 1.165) is 38.9 Å². The Labute approximate surface area is 368 Å². The molecule has 9 rings (SSSR count). The number of nitrogens with one attached hydrogen (secondary N) is 3. The molecule has 326 valence electrons. The molecule has 15 heteroatoms. The van der Waals surface area contributed by atoms with Gasteiger partial charge in [0.05, 0.1) is 33.3 Å². The van der Waals surface area contributed by atoms with Gasteiger partial charge in [-0.05, 0) is 63.2 Å². The van der Waals surface area contributed by atoms with Gasteiger partial charge >= 0.3 is 6.09 Å². The molecular formula is C49H46N6O9. The van der Waals surface area contributed by atoms with Crippen LogP contribution in [0.4, 0.5) is 10.7 Å². The molecule has 0 saturated carbocycles. The summed E-state index contributed by atoms with van der Waals surface area (Å²) in [6.07, 6.45) is -1.76. The molecule has 3 heterocycles. The lowest BCUT2D eigenvalue weighted by Gasteiger charge is -2.37. The highest BCUT2D eigenvalue weighted by molar-refractivity contribution is 5.90. The Morgan fingerprint density at radius 1 is 0.812 bits per heavy atom. The molecule has 2 aliphatic rings. The number of hydrogen-bond donors (Lipinski definition) is 4. The number of benzene rings is 5. The largest absolute Gasteiger partial charge is 0.497 e. The third kappa shape index (κ3) is 8.19. The van der Waals surface area contributed by atoms with Crippen LogP contribution in [0.15, 0.2) is 139 Å². The summed E-state index contributed by atoms with van der Waals surface area (Å²) >= 11 is 0. The van der Waals surface area contributed by atoms with E-state index < -0.39 is 41.6 Å². The Hall–Kier alpha value is -7.33. The molecule has 2 amide bonds. The van der Waals surface area contributed by atoms with Crippen molar-refractivity contribution in [1.29, 1.82) is 0 Å². The van der Waals surface area contributed by atoms with E-state index in [4.69, 9.17) is 23.7 Å². The summed E-state index contributed by atoms with van der Waals surface area (Å²) in [4.78, 5) is 50.2. The van der Waals surface area contributed by atoms with Gasteiger partial charge in [-0.2, -0.15) is 4.98 Å². The van der Waals surface area contributed by atoms with E-state index in [2.05, 4.69) is 37.7 Å². The second-order valence-corrected chi connectivity index (χ2v) is 15.5. The molecule has 1 aliphatic heterocycles. The molecule has 3 atom stereocenters. The van der Waals surface area contributed by atoms with Crippen LogP contribution in [-0.4, -0.2) is 82.8 Å². The highest BCUT2D eigenvalue weighted by Crippen LogP contribution is 2.45. The zero-order valence-corrected chi connectivity index (χ0v) is 35.1. The highest BCUT2D eigenvalue weighted by Gasteiger charge is 2.42. The Bertz CT molecular complexity index is 2740. The van der Waals surface area contributed by atoms with Crippen molar-refractivity contribution in [3.63, 3.8) is 0 Å². The maximum atomic E-state index is 13.2. The van der Waals surface area contributed by atoms with Crippen LogP contribution in [0.25, 0.3) is 22.3 Å². The number of aromatic amines is 1. The summed E-state index contributed by atoms with van der Waals surface area (Å²) < 4.78 is 31.5. The number of alkyl carbamates (subject to hydrolysis) is 1. The van der Waals surface area contributed by atoms with Gasteiger partial charge in [0.2, 0.25) is 11.9 Å². The van der Waals surface area contributed by atoms with E-state index >= 15 is 0 Å². The first-order valence-electron chi connectivity index (χ1n) is 20.9. The zero-order chi connectivity index (χ0) is 44.2. The van der Waals surface area contributed by atoms with Crippen molar-refractivity contribution >= 4 is 29.1 Å². The monoisotopic (exact) mass is 862 g/mol. The summed E-state index contributed by atoms with van der Waals surface area (Å²) in [6.45, 7) is 0.0889. The number of aliphatic hydroxyl groups is 1. The number of nitrogens with zero attached hydrogens (tertiary/aromatic N) is 3. The molecule has 15 nitrogen and oxygen atoms in total. The number of rotatable bonds is 15. The first-order chi connectivity index (χ1) is 31.2. The van der Waals surface area contributed by atoms with Gasteiger partial charge in [0.25, 0.3) is 5.56 Å². The minimum absolute atomic E-state index is 0.0212. The predicted molar refractivity (Wildman–Crippen MR) is 237 cm³/mol. The molecule has 1 fully saturated rings. The number of methoxy groups -OCH3 is 2. The van der Waals surface area contributed by atoms with E-state index in [1.54, 1.807) is 18.8 Å². The summed E-state index contributed by atoms with van der Waals surface area (Å²) in [6, 6.07) is 41.2. The average molecular weight is 863 g/mol. The normalized spacial score (nSPS) is 16.8. The number of fused-ring (bicyclic) bond motifs is 4. The van der Waals surface area contributed by atoms with Crippen LogP contribution in [0.5, 0.6) is 11.5 Å². The lowest BCUT2D eigenvalue weighted by atomic mass is 9.80. The quantitative estimate of drug-likeness (QED) is 0.0808. The number of H-pyrrole nitrogens is 1. The minimum Gasteiger partial charge on any atom is -0.497 e. The number of ether oxygens (including phenoxy) is 5. The van der Waals surface area contributed by atoms with E-state index in [9.17, 15) is 19.5 Å².